The number of rotatable bonds is 3. The molecule has 0 bridgehead atoms. The van der Waals surface area contributed by atoms with Crippen molar-refractivity contribution in [2.24, 2.45) is 0 Å². The first-order valence-corrected chi connectivity index (χ1v) is 11.1. The molecule has 1 aliphatic heterocycles. The number of amides is 1. The normalized spacial score (nSPS) is 32.6. The summed E-state index contributed by atoms with van der Waals surface area (Å²) in [5.41, 5.74) is -0.572. The molecule has 1 saturated carbocycles. The van der Waals surface area contributed by atoms with Gasteiger partial charge in [0.05, 0.1) is 0 Å². The number of aliphatic hydroxyl groups is 1. The van der Waals surface area contributed by atoms with Gasteiger partial charge in [0.2, 0.25) is 0 Å². The van der Waals surface area contributed by atoms with Crippen LogP contribution in [0.15, 0.2) is 30.3 Å². The summed E-state index contributed by atoms with van der Waals surface area (Å²) in [5.74, 6) is -0.793. The van der Waals surface area contributed by atoms with Crippen molar-refractivity contribution in [2.45, 2.75) is 81.6 Å². The van der Waals surface area contributed by atoms with Crippen LogP contribution in [-0.2, 0) is 14.2 Å². The van der Waals surface area contributed by atoms with Crippen LogP contribution in [0.25, 0.3) is 0 Å². The molecule has 27 heavy (non-hydrogen) atoms. The zero-order valence-electron chi connectivity index (χ0n) is 16.5. The second kappa shape index (κ2) is 7.72. The van der Waals surface area contributed by atoms with Gasteiger partial charge in [0.1, 0.15) is 0 Å². The van der Waals surface area contributed by atoms with Crippen LogP contribution in [0.1, 0.15) is 41.0 Å². The van der Waals surface area contributed by atoms with E-state index in [0.29, 0.717) is 6.42 Å². The van der Waals surface area contributed by atoms with Crippen molar-refractivity contribution in [1.29, 1.82) is 0 Å². The Morgan fingerprint density at radius 2 is 1.85 bits per heavy atom. The van der Waals surface area contributed by atoms with Crippen molar-refractivity contribution in [2.75, 3.05) is 0 Å². The van der Waals surface area contributed by atoms with E-state index in [1.807, 2.05) is 52.8 Å². The molecule has 1 amide bonds. The van der Waals surface area contributed by atoms with Gasteiger partial charge in [-0.25, -0.2) is 0 Å². The predicted octanol–water partition coefficient (Wildman–Crippen LogP) is 1.98. The summed E-state index contributed by atoms with van der Waals surface area (Å²) in [6, 6.07) is 9.87. The van der Waals surface area contributed by atoms with Crippen LogP contribution in [-0.4, -0.2) is 61.9 Å². The third-order valence-electron chi connectivity index (χ3n) is 4.50. The quantitative estimate of drug-likeness (QED) is 0.701. The van der Waals surface area contributed by atoms with Gasteiger partial charge in [-0.1, -0.05) is 0 Å². The average molecular weight is 442 g/mol. The van der Waals surface area contributed by atoms with Crippen LogP contribution < -0.4 is 9.78 Å². The third-order valence-corrected chi connectivity index (χ3v) is 7.26. The third kappa shape index (κ3) is 5.24. The molecule has 7 heteroatoms. The minimum absolute atomic E-state index is 0.0126. The van der Waals surface area contributed by atoms with Gasteiger partial charge in [-0.3, -0.25) is 0 Å². The average Bonchev–Trinajstić information content (AvgIpc) is 2.87. The number of aliphatic hydroxyl groups excluding tert-OH is 1. The molecule has 1 aromatic carbocycles. The monoisotopic (exact) mass is 443 g/mol. The van der Waals surface area contributed by atoms with Crippen LogP contribution >= 0.6 is 0 Å². The Hall–Kier alpha value is -1.11. The molecular weight excluding hydrogens is 413 g/mol. The van der Waals surface area contributed by atoms with Gasteiger partial charge in [-0.2, -0.15) is 0 Å². The molecule has 1 aromatic rings. The zero-order chi connectivity index (χ0) is 19.8. The number of carbonyl (C=O) groups excluding carboxylic acids is 1. The Kier molecular flexibility index (Phi) is 5.90. The van der Waals surface area contributed by atoms with E-state index >= 15 is 0 Å². The molecule has 0 spiro atoms. The summed E-state index contributed by atoms with van der Waals surface area (Å²) < 4.78 is 18.6. The molecule has 2 aliphatic rings. The Balaban J connectivity index is 1.77. The van der Waals surface area contributed by atoms with Crippen molar-refractivity contribution < 1.29 is 24.1 Å². The first-order chi connectivity index (χ1) is 12.5. The molecule has 5 atom stereocenters. The molecule has 1 aliphatic carbocycles. The number of alkyl carbamates (subject to hydrolysis) is 1. The van der Waals surface area contributed by atoms with Crippen LogP contribution in [0.4, 0.5) is 4.79 Å². The van der Waals surface area contributed by atoms with Crippen LogP contribution in [0.5, 0.6) is 0 Å². The number of benzene rings is 1. The molecule has 0 unspecified atom stereocenters. The van der Waals surface area contributed by atoms with Gasteiger partial charge in [-0.15, -0.1) is 0 Å². The summed E-state index contributed by atoms with van der Waals surface area (Å²) in [6.45, 7) is 9.17. The Labute approximate surface area is 167 Å². The van der Waals surface area contributed by atoms with Gasteiger partial charge in [0.15, 0.2) is 0 Å². The van der Waals surface area contributed by atoms with E-state index in [-0.39, 0.29) is 25.8 Å². The summed E-state index contributed by atoms with van der Waals surface area (Å²) >= 11 is 0.0512. The maximum absolute atomic E-state index is 12.3. The predicted molar refractivity (Wildman–Crippen MR) is 103 cm³/mol. The van der Waals surface area contributed by atoms with E-state index < -0.39 is 35.8 Å². The molecule has 1 saturated heterocycles. The van der Waals surface area contributed by atoms with Gasteiger partial charge >= 0.3 is 167 Å². The molecule has 1 heterocycles. The van der Waals surface area contributed by atoms with Crippen molar-refractivity contribution in [3.63, 3.8) is 0 Å². The molecule has 0 radical (unpaired) electrons. The molecule has 150 valence electrons. The molecule has 0 aromatic heterocycles. The van der Waals surface area contributed by atoms with E-state index in [1.54, 1.807) is 0 Å². The van der Waals surface area contributed by atoms with Gasteiger partial charge in [0, 0.05) is 0 Å². The van der Waals surface area contributed by atoms with E-state index in [4.69, 9.17) is 14.2 Å². The van der Waals surface area contributed by atoms with E-state index in [2.05, 4.69) is 17.4 Å². The minimum atomic E-state index is -0.793. The number of carbonyl (C=O) groups is 1. The van der Waals surface area contributed by atoms with Crippen LogP contribution in [0.2, 0.25) is 4.82 Å². The fraction of sp³-hybridized carbons (Fsp3) is 0.650. The molecule has 6 nitrogen and oxygen atoms in total. The topological polar surface area (TPSA) is 77.0 Å². The van der Waals surface area contributed by atoms with E-state index in [0.717, 1.165) is 0 Å². The SMILES string of the molecule is CC(C)(C)OC(=O)N[C@@H]1C[C@@H]([Se]c2ccccc2)[C@H](O)[C@H]2OC(C)(C)O[C@H]21. The molecule has 2 fully saturated rings. The van der Waals surface area contributed by atoms with Gasteiger partial charge in [-0.05, 0) is 0 Å². The van der Waals surface area contributed by atoms with Gasteiger partial charge < -0.3 is 0 Å². The summed E-state index contributed by atoms with van der Waals surface area (Å²) in [7, 11) is 0. The fourth-order valence-corrected chi connectivity index (χ4v) is 6.17. The van der Waals surface area contributed by atoms with Crippen molar-refractivity contribution >= 4 is 25.5 Å². The number of hydrogen-bond donors (Lipinski definition) is 2. The first-order valence-electron chi connectivity index (χ1n) is 9.29. The Bertz CT molecular complexity index is 660. The number of ether oxygens (including phenoxy) is 3. The molecule has 3 rings (SSSR count). The van der Waals surface area contributed by atoms with Crippen molar-refractivity contribution in [1.82, 2.24) is 5.32 Å². The summed E-state index contributed by atoms with van der Waals surface area (Å²) in [4.78, 5) is 12.3. The number of fused-ring (bicyclic) bond motifs is 1. The van der Waals surface area contributed by atoms with Crippen molar-refractivity contribution in [3.05, 3.63) is 30.3 Å². The summed E-state index contributed by atoms with van der Waals surface area (Å²) in [6.07, 6.45) is -1.35. The van der Waals surface area contributed by atoms with Crippen LogP contribution in [0, 0.1) is 0 Å². The molecular formula is C20H29NO5Se. The second-order valence-electron chi connectivity index (χ2n) is 8.51. The number of nitrogens with one attached hydrogen (secondary N) is 1. The van der Waals surface area contributed by atoms with Crippen LogP contribution in [0.3, 0.4) is 0 Å². The van der Waals surface area contributed by atoms with E-state index in [1.165, 1.54) is 4.46 Å². The van der Waals surface area contributed by atoms with Crippen molar-refractivity contribution in [3.8, 4) is 0 Å². The molecule has 2 N–H and O–H groups in total. The van der Waals surface area contributed by atoms with E-state index in [9.17, 15) is 9.90 Å². The standard InChI is InChI=1S/C20H29NO5Se/c1-19(2,3)26-18(23)21-13-11-14(27-12-9-7-6-8-10-12)15(22)17-16(13)24-20(4,5)25-17/h6-10,13-17,22H,11H2,1-5H3,(H,21,23)/t13-,14-,15+,16+,17-/m1/s1. The second-order valence-corrected chi connectivity index (χ2v) is 11.3. The zero-order valence-corrected chi connectivity index (χ0v) is 18.2. The summed E-state index contributed by atoms with van der Waals surface area (Å²) in [5, 5.41) is 13.9. The Morgan fingerprint density at radius 1 is 1.22 bits per heavy atom. The maximum atomic E-state index is 12.3. The fourth-order valence-electron chi connectivity index (χ4n) is 3.52. The first kappa shape index (κ1) is 20.6. The number of hydrogen-bond acceptors (Lipinski definition) is 5. The Morgan fingerprint density at radius 3 is 2.48 bits per heavy atom. The van der Waals surface area contributed by atoms with Gasteiger partial charge in [0.25, 0.3) is 0 Å².